The molecule has 1 N–H and O–H groups in total. The molecular weight excluding hydrogens is 320 g/mol. The van der Waals surface area contributed by atoms with Gasteiger partial charge in [0.15, 0.2) is 0 Å². The van der Waals surface area contributed by atoms with Crippen molar-refractivity contribution in [1.82, 2.24) is 0 Å². The largest absolute Gasteiger partial charge is 0.388 e. The summed E-state index contributed by atoms with van der Waals surface area (Å²) < 4.78 is 6.50. The molecule has 0 aromatic heterocycles. The van der Waals surface area contributed by atoms with E-state index in [1.807, 2.05) is 6.92 Å². The van der Waals surface area contributed by atoms with Crippen molar-refractivity contribution >= 4 is 0 Å². The van der Waals surface area contributed by atoms with Gasteiger partial charge in [-0.05, 0) is 48.7 Å². The molecule has 2 rings (SSSR count). The van der Waals surface area contributed by atoms with Crippen molar-refractivity contribution in [3.05, 3.63) is 60.2 Å². The van der Waals surface area contributed by atoms with Crippen molar-refractivity contribution in [3.63, 3.8) is 0 Å². The molecule has 1 aromatic carbocycles. The monoisotopic (exact) mass is 356 g/mol. The lowest BCUT2D eigenvalue weighted by atomic mass is 9.80. The van der Waals surface area contributed by atoms with Crippen LogP contribution in [-0.2, 0) is 11.2 Å². The Labute approximate surface area is 160 Å². The van der Waals surface area contributed by atoms with E-state index in [0.717, 1.165) is 24.0 Å². The van der Waals surface area contributed by atoms with Gasteiger partial charge < -0.3 is 9.84 Å². The number of hydrogen-bond acceptors (Lipinski definition) is 2. The smallest absolute Gasteiger partial charge is 0.0811 e. The van der Waals surface area contributed by atoms with Crippen molar-refractivity contribution in [2.75, 3.05) is 0 Å². The molecule has 1 aliphatic rings. The average Bonchev–Trinajstić information content (AvgIpc) is 2.90. The van der Waals surface area contributed by atoms with Gasteiger partial charge in [0.05, 0.1) is 18.3 Å². The third kappa shape index (κ3) is 5.31. The van der Waals surface area contributed by atoms with Crippen LogP contribution in [0.2, 0.25) is 0 Å². The third-order valence-corrected chi connectivity index (χ3v) is 6.14. The Kier molecular flexibility index (Phi) is 7.67. The fraction of sp³-hybridized carbons (Fsp3) is 0.583. The van der Waals surface area contributed by atoms with Crippen molar-refractivity contribution in [2.24, 2.45) is 17.8 Å². The van der Waals surface area contributed by atoms with Gasteiger partial charge in [0.25, 0.3) is 0 Å². The highest BCUT2D eigenvalue weighted by atomic mass is 16.5. The fourth-order valence-electron chi connectivity index (χ4n) is 3.98. The van der Waals surface area contributed by atoms with Gasteiger partial charge in [-0.1, -0.05) is 76.3 Å². The summed E-state index contributed by atoms with van der Waals surface area (Å²) in [5.74, 6) is 1.56. The lowest BCUT2D eigenvalue weighted by molar-refractivity contribution is -0.00355. The average molecular weight is 357 g/mol. The zero-order chi connectivity index (χ0) is 19.3. The van der Waals surface area contributed by atoms with Crippen LogP contribution < -0.4 is 0 Å². The lowest BCUT2D eigenvalue weighted by Gasteiger charge is -2.24. The second kappa shape index (κ2) is 9.53. The molecule has 144 valence electrons. The summed E-state index contributed by atoms with van der Waals surface area (Å²) in [6.45, 7) is 16.7. The molecule has 2 heteroatoms. The summed E-state index contributed by atoms with van der Waals surface area (Å²) >= 11 is 0. The van der Waals surface area contributed by atoms with E-state index in [9.17, 15) is 5.11 Å². The topological polar surface area (TPSA) is 29.5 Å². The van der Waals surface area contributed by atoms with Crippen LogP contribution in [0.15, 0.2) is 54.6 Å². The number of aliphatic hydroxyl groups is 1. The zero-order valence-electron chi connectivity index (χ0n) is 16.9. The van der Waals surface area contributed by atoms with Gasteiger partial charge in [0.1, 0.15) is 0 Å². The van der Waals surface area contributed by atoms with E-state index in [4.69, 9.17) is 4.74 Å². The first-order chi connectivity index (χ1) is 12.3. The summed E-state index contributed by atoms with van der Waals surface area (Å²) in [5, 5.41) is 10.6. The number of hydrogen-bond donors (Lipinski definition) is 1. The molecule has 1 fully saturated rings. The SMILES string of the molecule is C=C(C)C(=C)[C@H](O)C[C@@H]1O[C@H](C[C@H](C)CC)[C@H](C)[C@H]1Cc1ccccc1. The Morgan fingerprint density at radius 3 is 2.38 bits per heavy atom. The Morgan fingerprint density at radius 2 is 1.81 bits per heavy atom. The molecule has 1 aromatic rings. The third-order valence-electron chi connectivity index (χ3n) is 6.14. The second-order valence-corrected chi connectivity index (χ2v) is 8.23. The first-order valence-corrected chi connectivity index (χ1v) is 10.1. The highest BCUT2D eigenvalue weighted by Crippen LogP contribution is 2.40. The minimum absolute atomic E-state index is 0.0605. The maximum absolute atomic E-state index is 10.6. The van der Waals surface area contributed by atoms with Crippen LogP contribution in [-0.4, -0.2) is 23.4 Å². The Morgan fingerprint density at radius 1 is 1.15 bits per heavy atom. The zero-order valence-corrected chi connectivity index (χ0v) is 16.9. The summed E-state index contributed by atoms with van der Waals surface area (Å²) in [6, 6.07) is 10.6. The van der Waals surface area contributed by atoms with Crippen LogP contribution in [0.5, 0.6) is 0 Å². The predicted molar refractivity (Wildman–Crippen MR) is 110 cm³/mol. The van der Waals surface area contributed by atoms with E-state index in [1.54, 1.807) is 0 Å². The van der Waals surface area contributed by atoms with Crippen LogP contribution in [0.3, 0.4) is 0 Å². The summed E-state index contributed by atoms with van der Waals surface area (Å²) in [4.78, 5) is 0. The number of ether oxygens (including phenoxy) is 1. The quantitative estimate of drug-likeness (QED) is 0.586. The van der Waals surface area contributed by atoms with E-state index in [0.29, 0.717) is 24.2 Å². The van der Waals surface area contributed by atoms with Crippen molar-refractivity contribution in [2.45, 2.75) is 71.7 Å². The number of aliphatic hydroxyl groups excluding tert-OH is 1. The van der Waals surface area contributed by atoms with Gasteiger partial charge >= 0.3 is 0 Å². The summed E-state index contributed by atoms with van der Waals surface area (Å²) in [5.41, 5.74) is 2.92. The van der Waals surface area contributed by atoms with Crippen LogP contribution in [0, 0.1) is 17.8 Å². The fourth-order valence-corrected chi connectivity index (χ4v) is 3.98. The molecule has 0 radical (unpaired) electrons. The number of benzene rings is 1. The van der Waals surface area contributed by atoms with Crippen molar-refractivity contribution in [1.29, 1.82) is 0 Å². The van der Waals surface area contributed by atoms with E-state index in [-0.39, 0.29) is 12.2 Å². The van der Waals surface area contributed by atoms with E-state index >= 15 is 0 Å². The molecule has 1 heterocycles. The van der Waals surface area contributed by atoms with Gasteiger partial charge in [-0.15, -0.1) is 0 Å². The summed E-state index contributed by atoms with van der Waals surface area (Å²) in [6.07, 6.45) is 3.62. The lowest BCUT2D eigenvalue weighted by Crippen LogP contribution is -2.27. The first-order valence-electron chi connectivity index (χ1n) is 10.1. The van der Waals surface area contributed by atoms with Gasteiger partial charge in [0, 0.05) is 6.42 Å². The van der Waals surface area contributed by atoms with Crippen LogP contribution in [0.4, 0.5) is 0 Å². The molecule has 0 saturated carbocycles. The van der Waals surface area contributed by atoms with Gasteiger partial charge in [0.2, 0.25) is 0 Å². The van der Waals surface area contributed by atoms with Gasteiger partial charge in [-0.2, -0.15) is 0 Å². The van der Waals surface area contributed by atoms with Crippen LogP contribution >= 0.6 is 0 Å². The molecule has 0 spiro atoms. The molecule has 0 aliphatic carbocycles. The molecule has 0 amide bonds. The first kappa shape index (κ1) is 20.9. The van der Waals surface area contributed by atoms with E-state index in [2.05, 4.69) is 64.3 Å². The van der Waals surface area contributed by atoms with Gasteiger partial charge in [-0.25, -0.2) is 0 Å². The van der Waals surface area contributed by atoms with Crippen LogP contribution in [0.25, 0.3) is 0 Å². The van der Waals surface area contributed by atoms with E-state index < -0.39 is 6.10 Å². The molecule has 26 heavy (non-hydrogen) atoms. The maximum atomic E-state index is 10.6. The standard InChI is InChI=1S/C24H36O2/c1-7-17(4)13-23-19(6)21(14-20-11-9-8-10-12-20)24(26-23)15-22(25)18(5)16(2)3/h8-12,17,19,21-25H,2,5,7,13-15H2,1,3-4,6H3/t17-,19-,21-,22-,23-,24+/m1/s1. The number of rotatable bonds is 9. The predicted octanol–water partition coefficient (Wildman–Crippen LogP) is 5.57. The normalized spacial score (nSPS) is 27.9. The highest BCUT2D eigenvalue weighted by Gasteiger charge is 2.42. The summed E-state index contributed by atoms with van der Waals surface area (Å²) in [7, 11) is 0. The Balaban J connectivity index is 2.14. The molecule has 1 aliphatic heterocycles. The second-order valence-electron chi connectivity index (χ2n) is 8.23. The minimum atomic E-state index is -0.578. The van der Waals surface area contributed by atoms with Crippen molar-refractivity contribution in [3.8, 4) is 0 Å². The molecular formula is C24H36O2. The molecule has 6 atom stereocenters. The van der Waals surface area contributed by atoms with Crippen LogP contribution in [0.1, 0.15) is 52.5 Å². The Bertz CT molecular complexity index is 591. The molecule has 2 nitrogen and oxygen atoms in total. The molecule has 0 bridgehead atoms. The van der Waals surface area contributed by atoms with Crippen molar-refractivity contribution < 1.29 is 9.84 Å². The molecule has 1 saturated heterocycles. The highest BCUT2D eigenvalue weighted by molar-refractivity contribution is 5.27. The maximum Gasteiger partial charge on any atom is 0.0811 e. The Hall–Kier alpha value is -1.38. The van der Waals surface area contributed by atoms with Gasteiger partial charge in [-0.3, -0.25) is 0 Å². The van der Waals surface area contributed by atoms with E-state index in [1.165, 1.54) is 12.0 Å². The molecule has 0 unspecified atom stereocenters. The minimum Gasteiger partial charge on any atom is -0.388 e.